The van der Waals surface area contributed by atoms with Crippen LogP contribution in [0.25, 0.3) is 0 Å². The smallest absolute Gasteiger partial charge is 0.0599 e. The minimum Gasteiger partial charge on any atom is -0.309 e. The van der Waals surface area contributed by atoms with Gasteiger partial charge < -0.3 is 5.32 Å². The van der Waals surface area contributed by atoms with Crippen molar-refractivity contribution >= 4 is 27.5 Å². The van der Waals surface area contributed by atoms with Crippen molar-refractivity contribution < 1.29 is 0 Å². The van der Waals surface area contributed by atoms with E-state index in [0.29, 0.717) is 0 Å². The van der Waals surface area contributed by atoms with Crippen molar-refractivity contribution in [2.45, 2.75) is 32.2 Å². The molecule has 0 amide bonds. The molecule has 2 aromatic rings. The maximum atomic E-state index is 6.43. The van der Waals surface area contributed by atoms with Gasteiger partial charge in [0.25, 0.3) is 0 Å². The second kappa shape index (κ2) is 6.51. The molecule has 0 aromatic heterocycles. The minimum absolute atomic E-state index is 0.0871. The van der Waals surface area contributed by atoms with E-state index in [1.165, 1.54) is 11.1 Å². The number of hydrogen-bond donors (Lipinski definition) is 1. The van der Waals surface area contributed by atoms with Crippen LogP contribution in [0.4, 0.5) is 0 Å². The Morgan fingerprint density at radius 3 is 2.19 bits per heavy atom. The molecular formula is C18H21BrClN. The van der Waals surface area contributed by atoms with Crippen LogP contribution in [-0.4, -0.2) is 7.05 Å². The molecule has 0 radical (unpaired) electrons. The van der Waals surface area contributed by atoms with E-state index in [1.807, 2.05) is 19.2 Å². The third-order valence-electron chi connectivity index (χ3n) is 3.69. The molecule has 0 aliphatic heterocycles. The Morgan fingerprint density at radius 1 is 1.05 bits per heavy atom. The lowest BCUT2D eigenvalue weighted by Crippen LogP contribution is -2.18. The van der Waals surface area contributed by atoms with Gasteiger partial charge in [-0.1, -0.05) is 68.8 Å². The third kappa shape index (κ3) is 3.68. The average Bonchev–Trinajstić information content (AvgIpc) is 2.44. The summed E-state index contributed by atoms with van der Waals surface area (Å²) in [6.45, 7) is 6.67. The maximum absolute atomic E-state index is 6.43. The van der Waals surface area contributed by atoms with E-state index in [1.54, 1.807) is 0 Å². The summed E-state index contributed by atoms with van der Waals surface area (Å²) in [6.07, 6.45) is 0. The van der Waals surface area contributed by atoms with Crippen molar-refractivity contribution in [2.75, 3.05) is 7.05 Å². The quantitative estimate of drug-likeness (QED) is 0.733. The fraction of sp³-hybridized carbons (Fsp3) is 0.333. The molecule has 0 saturated carbocycles. The Hall–Kier alpha value is -0.830. The Balaban J connectivity index is 2.40. The normalized spacial score (nSPS) is 13.2. The maximum Gasteiger partial charge on any atom is 0.0599 e. The van der Waals surface area contributed by atoms with Gasteiger partial charge in [0.2, 0.25) is 0 Å². The second-order valence-corrected chi connectivity index (χ2v) is 7.47. The summed E-state index contributed by atoms with van der Waals surface area (Å²) in [5.74, 6) is 0. The lowest BCUT2D eigenvalue weighted by Gasteiger charge is -2.22. The summed E-state index contributed by atoms with van der Waals surface area (Å²) in [7, 11) is 1.96. The molecule has 1 N–H and O–H groups in total. The van der Waals surface area contributed by atoms with Crippen LogP contribution in [0.5, 0.6) is 0 Å². The highest BCUT2D eigenvalue weighted by atomic mass is 79.9. The molecule has 2 rings (SSSR count). The molecule has 0 heterocycles. The average molecular weight is 367 g/mol. The minimum atomic E-state index is 0.0871. The van der Waals surface area contributed by atoms with Gasteiger partial charge in [0.15, 0.2) is 0 Å². The van der Waals surface area contributed by atoms with E-state index in [-0.39, 0.29) is 11.5 Å². The summed E-state index contributed by atoms with van der Waals surface area (Å²) in [5, 5.41) is 4.12. The van der Waals surface area contributed by atoms with E-state index in [0.717, 1.165) is 15.1 Å². The summed E-state index contributed by atoms with van der Waals surface area (Å²) < 4.78 is 0.924. The fourth-order valence-corrected chi connectivity index (χ4v) is 3.04. The first kappa shape index (κ1) is 16.5. The molecule has 0 bridgehead atoms. The molecule has 1 atom stereocenters. The zero-order valence-electron chi connectivity index (χ0n) is 12.9. The van der Waals surface area contributed by atoms with Crippen LogP contribution in [0, 0.1) is 0 Å². The van der Waals surface area contributed by atoms with E-state index < -0.39 is 0 Å². The largest absolute Gasteiger partial charge is 0.309 e. The van der Waals surface area contributed by atoms with Gasteiger partial charge in [0.05, 0.1) is 11.1 Å². The number of halogens is 2. The van der Waals surface area contributed by atoms with E-state index in [4.69, 9.17) is 11.6 Å². The molecule has 21 heavy (non-hydrogen) atoms. The molecule has 0 spiro atoms. The van der Waals surface area contributed by atoms with Gasteiger partial charge in [-0.15, -0.1) is 0 Å². The number of rotatable bonds is 3. The lowest BCUT2D eigenvalue weighted by atomic mass is 9.86. The van der Waals surface area contributed by atoms with Gasteiger partial charge >= 0.3 is 0 Å². The summed E-state index contributed by atoms with van der Waals surface area (Å²) in [5.41, 5.74) is 3.80. The van der Waals surface area contributed by atoms with Gasteiger partial charge in [-0.3, -0.25) is 0 Å². The first-order valence-corrected chi connectivity index (χ1v) is 8.23. The first-order valence-electron chi connectivity index (χ1n) is 7.06. The molecule has 0 saturated heterocycles. The van der Waals surface area contributed by atoms with Gasteiger partial charge in [-0.25, -0.2) is 0 Å². The fourth-order valence-electron chi connectivity index (χ4n) is 2.42. The van der Waals surface area contributed by atoms with Crippen molar-refractivity contribution in [3.8, 4) is 0 Å². The molecule has 2 aromatic carbocycles. The second-order valence-electron chi connectivity index (χ2n) is 6.24. The zero-order chi connectivity index (χ0) is 15.6. The van der Waals surface area contributed by atoms with Gasteiger partial charge in [0, 0.05) is 4.47 Å². The zero-order valence-corrected chi connectivity index (χ0v) is 15.2. The predicted molar refractivity (Wildman–Crippen MR) is 95.2 cm³/mol. The van der Waals surface area contributed by atoms with Crippen LogP contribution in [0.2, 0.25) is 5.02 Å². The molecule has 0 aliphatic carbocycles. The Labute approximate surface area is 140 Å². The van der Waals surface area contributed by atoms with Crippen molar-refractivity contribution in [1.29, 1.82) is 0 Å². The standard InChI is InChI=1S/C18H21BrClN/c1-18(2,3)13-10-8-12(9-11-13)17(21-4)14-6-5-7-15(19)16(14)20/h5-11,17,21H,1-4H3. The molecule has 112 valence electrons. The van der Waals surface area contributed by atoms with Crippen LogP contribution < -0.4 is 5.32 Å². The van der Waals surface area contributed by atoms with Gasteiger partial charge in [-0.05, 0) is 51.1 Å². The third-order valence-corrected chi connectivity index (χ3v) is 5.00. The topological polar surface area (TPSA) is 12.0 Å². The lowest BCUT2D eigenvalue weighted by molar-refractivity contribution is 0.589. The van der Waals surface area contributed by atoms with Crippen LogP contribution >= 0.6 is 27.5 Å². The molecule has 3 heteroatoms. The SMILES string of the molecule is CNC(c1ccc(C(C)(C)C)cc1)c1cccc(Br)c1Cl. The molecule has 1 unspecified atom stereocenters. The van der Waals surface area contributed by atoms with Crippen LogP contribution in [0.1, 0.15) is 43.5 Å². The van der Waals surface area contributed by atoms with Crippen molar-refractivity contribution in [2.24, 2.45) is 0 Å². The van der Waals surface area contributed by atoms with Crippen LogP contribution in [0.3, 0.4) is 0 Å². The molecule has 0 aliphatic rings. The molecule has 0 fully saturated rings. The number of hydrogen-bond acceptors (Lipinski definition) is 1. The summed E-state index contributed by atoms with van der Waals surface area (Å²) in [6, 6.07) is 14.9. The van der Waals surface area contributed by atoms with E-state index in [2.05, 4.69) is 72.3 Å². The van der Waals surface area contributed by atoms with Crippen molar-refractivity contribution in [1.82, 2.24) is 5.32 Å². The van der Waals surface area contributed by atoms with Crippen molar-refractivity contribution in [3.05, 3.63) is 68.7 Å². The van der Waals surface area contributed by atoms with Crippen molar-refractivity contribution in [3.63, 3.8) is 0 Å². The number of nitrogens with one attached hydrogen (secondary N) is 1. The Kier molecular flexibility index (Phi) is 5.13. The predicted octanol–water partition coefficient (Wildman–Crippen LogP) is 5.71. The van der Waals surface area contributed by atoms with Crippen LogP contribution in [-0.2, 0) is 5.41 Å². The van der Waals surface area contributed by atoms with Gasteiger partial charge in [0.1, 0.15) is 0 Å². The summed E-state index contributed by atoms with van der Waals surface area (Å²) in [4.78, 5) is 0. The number of benzene rings is 2. The highest BCUT2D eigenvalue weighted by molar-refractivity contribution is 9.10. The van der Waals surface area contributed by atoms with E-state index in [9.17, 15) is 0 Å². The Morgan fingerprint density at radius 2 is 1.67 bits per heavy atom. The molecule has 1 nitrogen and oxygen atoms in total. The monoisotopic (exact) mass is 365 g/mol. The van der Waals surface area contributed by atoms with Crippen LogP contribution in [0.15, 0.2) is 46.9 Å². The van der Waals surface area contributed by atoms with E-state index >= 15 is 0 Å². The first-order chi connectivity index (χ1) is 9.84. The highest BCUT2D eigenvalue weighted by Gasteiger charge is 2.18. The van der Waals surface area contributed by atoms with Gasteiger partial charge in [-0.2, -0.15) is 0 Å². The summed E-state index contributed by atoms with van der Waals surface area (Å²) >= 11 is 9.93. The Bertz CT molecular complexity index is 614. The highest BCUT2D eigenvalue weighted by Crippen LogP contribution is 2.34. The molecular weight excluding hydrogens is 346 g/mol.